The Balaban J connectivity index is 2.01. The van der Waals surface area contributed by atoms with Crippen molar-refractivity contribution < 1.29 is 14.6 Å². The van der Waals surface area contributed by atoms with Crippen LogP contribution in [0, 0.1) is 11.3 Å². The van der Waals surface area contributed by atoms with Crippen LogP contribution < -0.4 is 4.74 Å². The number of unbranched alkanes of at least 4 members (excludes halogenated alkanes) is 4. The molecule has 102 valence electrons. The van der Waals surface area contributed by atoms with E-state index in [1.54, 1.807) is 24.3 Å². The number of carboxylic acid groups (broad SMARTS) is 1. The van der Waals surface area contributed by atoms with Gasteiger partial charge in [-0.2, -0.15) is 5.26 Å². The maximum absolute atomic E-state index is 10.3. The molecule has 0 atom stereocenters. The fraction of sp³-hybridized carbons (Fsp3) is 0.467. The molecule has 1 aromatic rings. The van der Waals surface area contributed by atoms with Gasteiger partial charge in [0.2, 0.25) is 0 Å². The zero-order valence-corrected chi connectivity index (χ0v) is 11.0. The number of aliphatic carboxylic acids is 1. The number of carbonyl (C=O) groups is 1. The predicted molar refractivity (Wildman–Crippen MR) is 72.0 cm³/mol. The molecule has 0 aliphatic rings. The van der Waals surface area contributed by atoms with Crippen molar-refractivity contribution in [1.82, 2.24) is 0 Å². The van der Waals surface area contributed by atoms with Crippen molar-refractivity contribution in [2.75, 3.05) is 6.61 Å². The number of hydrogen-bond donors (Lipinski definition) is 1. The Bertz CT molecular complexity index is 420. The minimum Gasteiger partial charge on any atom is -0.494 e. The molecule has 0 radical (unpaired) electrons. The van der Waals surface area contributed by atoms with Crippen molar-refractivity contribution >= 4 is 5.97 Å². The van der Waals surface area contributed by atoms with Crippen LogP contribution in [-0.4, -0.2) is 17.7 Å². The minimum atomic E-state index is -0.718. The second kappa shape index (κ2) is 8.98. The second-order valence-electron chi connectivity index (χ2n) is 4.40. The number of rotatable bonds is 9. The van der Waals surface area contributed by atoms with E-state index in [0.29, 0.717) is 12.2 Å². The van der Waals surface area contributed by atoms with E-state index in [4.69, 9.17) is 15.1 Å². The van der Waals surface area contributed by atoms with Crippen LogP contribution >= 0.6 is 0 Å². The Labute approximate surface area is 113 Å². The molecule has 0 bridgehead atoms. The van der Waals surface area contributed by atoms with Crippen LogP contribution in [0.3, 0.4) is 0 Å². The normalized spacial score (nSPS) is 9.84. The number of nitrogens with zero attached hydrogens (tertiary/aromatic N) is 1. The summed E-state index contributed by atoms with van der Waals surface area (Å²) < 4.78 is 5.55. The third kappa shape index (κ3) is 7.10. The molecule has 0 amide bonds. The van der Waals surface area contributed by atoms with Crippen molar-refractivity contribution in [3.8, 4) is 11.8 Å². The lowest BCUT2D eigenvalue weighted by molar-refractivity contribution is -0.137. The molecular weight excluding hydrogens is 242 g/mol. The molecule has 0 unspecified atom stereocenters. The first kappa shape index (κ1) is 15.0. The highest BCUT2D eigenvalue weighted by atomic mass is 16.5. The van der Waals surface area contributed by atoms with Gasteiger partial charge in [-0.25, -0.2) is 0 Å². The van der Waals surface area contributed by atoms with Crippen LogP contribution in [0.2, 0.25) is 0 Å². The Morgan fingerprint density at radius 1 is 1.11 bits per heavy atom. The molecular formula is C15H19NO3. The van der Waals surface area contributed by atoms with Gasteiger partial charge in [-0.15, -0.1) is 0 Å². The predicted octanol–water partition coefficient (Wildman–Crippen LogP) is 3.36. The van der Waals surface area contributed by atoms with E-state index < -0.39 is 5.97 Å². The molecule has 4 nitrogen and oxygen atoms in total. The second-order valence-corrected chi connectivity index (χ2v) is 4.40. The quantitative estimate of drug-likeness (QED) is 0.692. The number of ether oxygens (including phenoxy) is 1. The van der Waals surface area contributed by atoms with E-state index in [1.165, 1.54) is 0 Å². The third-order valence-electron chi connectivity index (χ3n) is 2.79. The van der Waals surface area contributed by atoms with E-state index in [9.17, 15) is 4.79 Å². The zero-order valence-electron chi connectivity index (χ0n) is 11.0. The van der Waals surface area contributed by atoms with Gasteiger partial charge in [-0.05, 0) is 37.1 Å². The van der Waals surface area contributed by atoms with Gasteiger partial charge in [-0.1, -0.05) is 19.3 Å². The summed E-state index contributed by atoms with van der Waals surface area (Å²) in [6, 6.07) is 9.13. The maximum Gasteiger partial charge on any atom is 0.303 e. The monoisotopic (exact) mass is 261 g/mol. The summed E-state index contributed by atoms with van der Waals surface area (Å²) in [5, 5.41) is 17.1. The van der Waals surface area contributed by atoms with Crippen LogP contribution in [0.1, 0.15) is 44.1 Å². The maximum atomic E-state index is 10.3. The fourth-order valence-electron chi connectivity index (χ4n) is 1.72. The Morgan fingerprint density at radius 2 is 1.74 bits per heavy atom. The summed E-state index contributed by atoms with van der Waals surface area (Å²) >= 11 is 0. The van der Waals surface area contributed by atoms with Gasteiger partial charge in [0.1, 0.15) is 5.75 Å². The molecule has 0 heterocycles. The highest BCUT2D eigenvalue weighted by molar-refractivity contribution is 5.66. The van der Waals surface area contributed by atoms with Crippen LogP contribution in [0.15, 0.2) is 24.3 Å². The van der Waals surface area contributed by atoms with E-state index in [1.807, 2.05) is 0 Å². The fourth-order valence-corrected chi connectivity index (χ4v) is 1.72. The number of hydrogen-bond acceptors (Lipinski definition) is 3. The number of carboxylic acids is 1. The smallest absolute Gasteiger partial charge is 0.303 e. The van der Waals surface area contributed by atoms with Gasteiger partial charge in [0.25, 0.3) is 0 Å². The molecule has 0 aliphatic heterocycles. The van der Waals surface area contributed by atoms with E-state index in [2.05, 4.69) is 6.07 Å². The molecule has 0 fully saturated rings. The Hall–Kier alpha value is -2.02. The zero-order chi connectivity index (χ0) is 13.9. The molecule has 0 aliphatic carbocycles. The van der Waals surface area contributed by atoms with Gasteiger partial charge in [0, 0.05) is 6.42 Å². The largest absolute Gasteiger partial charge is 0.494 e. The van der Waals surface area contributed by atoms with Crippen LogP contribution in [-0.2, 0) is 4.79 Å². The number of benzene rings is 1. The van der Waals surface area contributed by atoms with Gasteiger partial charge >= 0.3 is 5.97 Å². The summed E-state index contributed by atoms with van der Waals surface area (Å²) in [6.07, 6.45) is 5.05. The SMILES string of the molecule is N#Cc1ccc(OCCCCCCCC(=O)O)cc1. The first-order valence-corrected chi connectivity index (χ1v) is 6.57. The van der Waals surface area contributed by atoms with Crippen molar-refractivity contribution in [3.05, 3.63) is 29.8 Å². The van der Waals surface area contributed by atoms with Crippen molar-refractivity contribution in [3.63, 3.8) is 0 Å². The van der Waals surface area contributed by atoms with Crippen LogP contribution in [0.25, 0.3) is 0 Å². The molecule has 0 saturated carbocycles. The standard InChI is InChI=1S/C15H19NO3/c16-12-13-7-9-14(10-8-13)19-11-5-3-1-2-4-6-15(17)18/h7-10H,1-6,11H2,(H,17,18). The van der Waals surface area contributed by atoms with Crippen molar-refractivity contribution in [2.45, 2.75) is 38.5 Å². The molecule has 0 aromatic heterocycles. The third-order valence-corrected chi connectivity index (χ3v) is 2.79. The lowest BCUT2D eigenvalue weighted by atomic mass is 10.1. The first-order chi connectivity index (χ1) is 9.22. The number of nitriles is 1. The van der Waals surface area contributed by atoms with E-state index in [-0.39, 0.29) is 6.42 Å². The summed E-state index contributed by atoms with van der Waals surface area (Å²) in [4.78, 5) is 10.3. The summed E-state index contributed by atoms with van der Waals surface area (Å²) in [5.41, 5.74) is 0.630. The van der Waals surface area contributed by atoms with Crippen molar-refractivity contribution in [1.29, 1.82) is 5.26 Å². The summed E-state index contributed by atoms with van der Waals surface area (Å²) in [5.74, 6) is 0.0639. The van der Waals surface area contributed by atoms with Gasteiger partial charge in [0.05, 0.1) is 18.2 Å². The summed E-state index contributed by atoms with van der Waals surface area (Å²) in [6.45, 7) is 0.658. The Kier molecular flexibility index (Phi) is 7.11. The van der Waals surface area contributed by atoms with Gasteiger partial charge in [-0.3, -0.25) is 4.79 Å². The minimum absolute atomic E-state index is 0.266. The average Bonchev–Trinajstić information content (AvgIpc) is 2.42. The molecule has 4 heteroatoms. The average molecular weight is 261 g/mol. The van der Waals surface area contributed by atoms with Crippen LogP contribution in [0.4, 0.5) is 0 Å². The molecule has 0 saturated heterocycles. The van der Waals surface area contributed by atoms with E-state index in [0.717, 1.165) is 37.9 Å². The van der Waals surface area contributed by atoms with Crippen molar-refractivity contribution in [2.24, 2.45) is 0 Å². The van der Waals surface area contributed by atoms with Gasteiger partial charge < -0.3 is 9.84 Å². The molecule has 1 rings (SSSR count). The topological polar surface area (TPSA) is 70.3 Å². The molecule has 0 spiro atoms. The lowest BCUT2D eigenvalue weighted by Gasteiger charge is -2.05. The Morgan fingerprint density at radius 3 is 2.37 bits per heavy atom. The molecule has 1 aromatic carbocycles. The van der Waals surface area contributed by atoms with E-state index >= 15 is 0 Å². The highest BCUT2D eigenvalue weighted by Gasteiger charge is 1.97. The lowest BCUT2D eigenvalue weighted by Crippen LogP contribution is -1.97. The highest BCUT2D eigenvalue weighted by Crippen LogP contribution is 2.12. The molecule has 1 N–H and O–H groups in total. The van der Waals surface area contributed by atoms with Crippen LogP contribution in [0.5, 0.6) is 5.75 Å². The first-order valence-electron chi connectivity index (χ1n) is 6.57. The molecule has 19 heavy (non-hydrogen) atoms. The summed E-state index contributed by atoms with van der Waals surface area (Å²) in [7, 11) is 0. The van der Waals surface area contributed by atoms with Gasteiger partial charge in [0.15, 0.2) is 0 Å².